The lowest BCUT2D eigenvalue weighted by Gasteiger charge is -2.23. The van der Waals surface area contributed by atoms with Crippen LogP contribution in [0.25, 0.3) is 0 Å². The van der Waals surface area contributed by atoms with Crippen LogP contribution in [0.1, 0.15) is 24.8 Å². The normalized spacial score (nSPS) is 14.9. The van der Waals surface area contributed by atoms with E-state index in [0.29, 0.717) is 12.0 Å². The highest BCUT2D eigenvalue weighted by molar-refractivity contribution is 5.16. The molecule has 3 heteroatoms. The molecule has 0 aliphatic carbocycles. The summed E-state index contributed by atoms with van der Waals surface area (Å²) in [5, 5.41) is 3.33. The van der Waals surface area contributed by atoms with Crippen LogP contribution in [0.15, 0.2) is 24.5 Å². The molecule has 84 valence electrons. The Labute approximate surface area is 91.9 Å². The minimum absolute atomic E-state index is 0.451. The van der Waals surface area contributed by atoms with Gasteiger partial charge in [-0.1, -0.05) is 6.92 Å². The minimum atomic E-state index is 0.451. The van der Waals surface area contributed by atoms with E-state index in [0.717, 1.165) is 13.0 Å². The van der Waals surface area contributed by atoms with Crippen molar-refractivity contribution >= 4 is 0 Å². The summed E-state index contributed by atoms with van der Waals surface area (Å²) in [5.74, 6) is 0.480. The number of nitrogens with one attached hydrogen (secondary N) is 1. The van der Waals surface area contributed by atoms with Gasteiger partial charge in [-0.2, -0.15) is 0 Å². The van der Waals surface area contributed by atoms with Gasteiger partial charge in [-0.3, -0.25) is 4.98 Å². The van der Waals surface area contributed by atoms with Crippen molar-refractivity contribution in [3.63, 3.8) is 0 Å². The number of aromatic nitrogens is 1. The lowest BCUT2D eigenvalue weighted by Crippen LogP contribution is -2.31. The largest absolute Gasteiger partial charge is 0.385 e. The molecule has 1 N–H and O–H groups in total. The number of likely N-dealkylation sites (N-methyl/N-ethyl adjacent to an activating group) is 1. The van der Waals surface area contributed by atoms with Crippen LogP contribution in [0, 0.1) is 0 Å². The molecule has 1 heterocycles. The number of nitrogens with zero attached hydrogens (tertiary/aromatic N) is 1. The lowest BCUT2D eigenvalue weighted by atomic mass is 9.92. The summed E-state index contributed by atoms with van der Waals surface area (Å²) in [6.45, 7) is 3.02. The van der Waals surface area contributed by atoms with Crippen LogP contribution in [-0.2, 0) is 4.74 Å². The Hall–Kier alpha value is -0.930. The molecule has 15 heavy (non-hydrogen) atoms. The zero-order valence-electron chi connectivity index (χ0n) is 9.73. The van der Waals surface area contributed by atoms with Gasteiger partial charge in [-0.25, -0.2) is 0 Å². The van der Waals surface area contributed by atoms with Gasteiger partial charge in [0.25, 0.3) is 0 Å². The maximum absolute atomic E-state index is 5.11. The van der Waals surface area contributed by atoms with Gasteiger partial charge in [0.15, 0.2) is 0 Å². The predicted octanol–water partition coefficient (Wildman–Crippen LogP) is 1.81. The second-order valence-corrected chi connectivity index (χ2v) is 3.75. The molecule has 1 aromatic rings. The quantitative estimate of drug-likeness (QED) is 0.774. The van der Waals surface area contributed by atoms with Gasteiger partial charge in [0.2, 0.25) is 0 Å². The first kappa shape index (κ1) is 12.1. The molecule has 0 fully saturated rings. The van der Waals surface area contributed by atoms with Crippen LogP contribution in [0.5, 0.6) is 0 Å². The molecule has 0 bridgehead atoms. The van der Waals surface area contributed by atoms with Crippen LogP contribution in [-0.4, -0.2) is 31.8 Å². The lowest BCUT2D eigenvalue weighted by molar-refractivity contribution is 0.180. The first-order valence-electron chi connectivity index (χ1n) is 5.35. The van der Waals surface area contributed by atoms with E-state index < -0.39 is 0 Å². The van der Waals surface area contributed by atoms with Gasteiger partial charge < -0.3 is 10.1 Å². The Bertz CT molecular complexity index is 264. The van der Waals surface area contributed by atoms with E-state index in [9.17, 15) is 0 Å². The molecule has 0 radical (unpaired) electrons. The van der Waals surface area contributed by atoms with E-state index in [-0.39, 0.29) is 0 Å². The van der Waals surface area contributed by atoms with Gasteiger partial charge >= 0.3 is 0 Å². The van der Waals surface area contributed by atoms with E-state index in [1.165, 1.54) is 5.56 Å². The predicted molar refractivity (Wildman–Crippen MR) is 62.0 cm³/mol. The zero-order valence-corrected chi connectivity index (χ0v) is 9.73. The van der Waals surface area contributed by atoms with Crippen LogP contribution < -0.4 is 5.32 Å². The number of hydrogen-bond acceptors (Lipinski definition) is 3. The molecule has 0 spiro atoms. The van der Waals surface area contributed by atoms with Crippen molar-refractivity contribution in [1.29, 1.82) is 0 Å². The number of pyridine rings is 1. The maximum atomic E-state index is 5.11. The van der Waals surface area contributed by atoms with Crippen molar-refractivity contribution in [3.8, 4) is 0 Å². The second kappa shape index (κ2) is 6.53. The first-order chi connectivity index (χ1) is 7.29. The number of hydrogen-bond donors (Lipinski definition) is 1. The van der Waals surface area contributed by atoms with Crippen molar-refractivity contribution < 1.29 is 4.74 Å². The van der Waals surface area contributed by atoms with Crippen LogP contribution in [0.2, 0.25) is 0 Å². The molecule has 0 saturated carbocycles. The third-order valence-electron chi connectivity index (χ3n) is 2.84. The highest BCUT2D eigenvalue weighted by Crippen LogP contribution is 2.20. The third kappa shape index (κ3) is 3.61. The van der Waals surface area contributed by atoms with Crippen molar-refractivity contribution in [1.82, 2.24) is 10.3 Å². The first-order valence-corrected chi connectivity index (χ1v) is 5.35. The summed E-state index contributed by atoms with van der Waals surface area (Å²) in [6, 6.07) is 4.59. The molecule has 0 aliphatic heterocycles. The summed E-state index contributed by atoms with van der Waals surface area (Å²) >= 11 is 0. The summed E-state index contributed by atoms with van der Waals surface area (Å²) in [6.07, 6.45) is 4.71. The fourth-order valence-electron chi connectivity index (χ4n) is 1.79. The number of ether oxygens (including phenoxy) is 1. The van der Waals surface area contributed by atoms with E-state index in [2.05, 4.69) is 29.4 Å². The molecular formula is C12H20N2O. The van der Waals surface area contributed by atoms with E-state index in [1.807, 2.05) is 19.4 Å². The van der Waals surface area contributed by atoms with Crippen LogP contribution in [0.4, 0.5) is 0 Å². The summed E-state index contributed by atoms with van der Waals surface area (Å²) in [7, 11) is 3.74. The van der Waals surface area contributed by atoms with Crippen molar-refractivity contribution in [2.24, 2.45) is 0 Å². The molecular weight excluding hydrogens is 188 g/mol. The molecule has 0 amide bonds. The highest BCUT2D eigenvalue weighted by Gasteiger charge is 2.16. The number of methoxy groups -OCH3 is 1. The van der Waals surface area contributed by atoms with Crippen LogP contribution >= 0.6 is 0 Å². The van der Waals surface area contributed by atoms with Crippen molar-refractivity contribution in [2.75, 3.05) is 20.8 Å². The van der Waals surface area contributed by atoms with Crippen molar-refractivity contribution in [3.05, 3.63) is 30.1 Å². The Morgan fingerprint density at radius 1 is 1.40 bits per heavy atom. The summed E-state index contributed by atoms with van der Waals surface area (Å²) in [5.41, 5.74) is 1.32. The average Bonchev–Trinajstić information content (AvgIpc) is 2.31. The van der Waals surface area contributed by atoms with E-state index in [1.54, 1.807) is 7.11 Å². The van der Waals surface area contributed by atoms with Gasteiger partial charge in [0, 0.05) is 32.2 Å². The van der Waals surface area contributed by atoms with Gasteiger partial charge in [0.05, 0.1) is 0 Å². The molecule has 0 saturated heterocycles. The van der Waals surface area contributed by atoms with Gasteiger partial charge in [-0.05, 0) is 37.1 Å². The Balaban J connectivity index is 2.60. The van der Waals surface area contributed by atoms with E-state index in [4.69, 9.17) is 4.74 Å². The third-order valence-corrected chi connectivity index (χ3v) is 2.84. The van der Waals surface area contributed by atoms with Gasteiger partial charge in [0.1, 0.15) is 0 Å². The fourth-order valence-corrected chi connectivity index (χ4v) is 1.79. The minimum Gasteiger partial charge on any atom is -0.385 e. The average molecular weight is 208 g/mol. The highest BCUT2D eigenvalue weighted by atomic mass is 16.5. The summed E-state index contributed by atoms with van der Waals surface area (Å²) < 4.78 is 5.11. The molecule has 0 aromatic carbocycles. The fraction of sp³-hybridized carbons (Fsp3) is 0.583. The van der Waals surface area contributed by atoms with Crippen molar-refractivity contribution in [2.45, 2.75) is 25.3 Å². The SMILES string of the molecule is CNC(CCOC)C(C)c1ccncc1. The smallest absolute Gasteiger partial charge is 0.0477 e. The van der Waals surface area contributed by atoms with E-state index >= 15 is 0 Å². The molecule has 1 rings (SSSR count). The van der Waals surface area contributed by atoms with Crippen LogP contribution in [0.3, 0.4) is 0 Å². The topological polar surface area (TPSA) is 34.1 Å². The Kier molecular flexibility index (Phi) is 5.29. The Morgan fingerprint density at radius 3 is 2.60 bits per heavy atom. The molecule has 3 nitrogen and oxygen atoms in total. The standard InChI is InChI=1S/C12H20N2O/c1-10(11-4-7-14-8-5-11)12(13-2)6-9-15-3/h4-5,7-8,10,12-13H,6,9H2,1-3H3. The molecule has 2 atom stereocenters. The maximum Gasteiger partial charge on any atom is 0.0477 e. The number of rotatable bonds is 6. The summed E-state index contributed by atoms with van der Waals surface area (Å²) in [4.78, 5) is 4.03. The second-order valence-electron chi connectivity index (χ2n) is 3.75. The van der Waals surface area contributed by atoms with Gasteiger partial charge in [-0.15, -0.1) is 0 Å². The molecule has 1 aromatic heterocycles. The molecule has 2 unspecified atom stereocenters. The molecule has 0 aliphatic rings. The zero-order chi connectivity index (χ0) is 11.1. The monoisotopic (exact) mass is 208 g/mol. The Morgan fingerprint density at radius 2 is 2.07 bits per heavy atom.